The lowest BCUT2D eigenvalue weighted by Crippen LogP contribution is -2.15. The van der Waals surface area contributed by atoms with Gasteiger partial charge in [-0.2, -0.15) is 0 Å². The molecule has 2 heterocycles. The molecule has 15 heavy (non-hydrogen) atoms. The van der Waals surface area contributed by atoms with E-state index in [1.807, 2.05) is 6.20 Å². The fourth-order valence-corrected chi connectivity index (χ4v) is 3.35. The fraction of sp³-hybridized carbons (Fsp3) is 0.583. The highest BCUT2D eigenvalue weighted by molar-refractivity contribution is 9.10. The van der Waals surface area contributed by atoms with E-state index in [9.17, 15) is 0 Å². The van der Waals surface area contributed by atoms with Gasteiger partial charge >= 0.3 is 0 Å². The standard InChI is InChI=1S/C12H15BrN2/c1-7(2)10-4-12(10)6-15-11-9(12)3-8(13)5-14-11/h3,5,7,10H,4,6H2,1-2H3,(H,14,15)/t10-,12-/m0/s1. The van der Waals surface area contributed by atoms with Crippen molar-refractivity contribution >= 4 is 21.7 Å². The Labute approximate surface area is 98.6 Å². The zero-order chi connectivity index (χ0) is 10.6. The normalized spacial score (nSPS) is 31.9. The summed E-state index contributed by atoms with van der Waals surface area (Å²) in [4.78, 5) is 4.43. The summed E-state index contributed by atoms with van der Waals surface area (Å²) in [6.45, 7) is 5.72. The summed E-state index contributed by atoms with van der Waals surface area (Å²) in [5.74, 6) is 2.71. The Morgan fingerprint density at radius 2 is 2.40 bits per heavy atom. The Kier molecular flexibility index (Phi) is 1.91. The van der Waals surface area contributed by atoms with Gasteiger partial charge in [0.15, 0.2) is 0 Å². The second-order valence-electron chi connectivity index (χ2n) is 5.11. The molecule has 0 amide bonds. The van der Waals surface area contributed by atoms with Gasteiger partial charge in [0.05, 0.1) is 0 Å². The van der Waals surface area contributed by atoms with Crippen LogP contribution in [0.2, 0.25) is 0 Å². The minimum atomic E-state index is 0.403. The number of nitrogens with zero attached hydrogens (tertiary/aromatic N) is 1. The van der Waals surface area contributed by atoms with Gasteiger partial charge in [-0.3, -0.25) is 0 Å². The van der Waals surface area contributed by atoms with Crippen molar-refractivity contribution < 1.29 is 0 Å². The Bertz CT molecular complexity index is 416. The lowest BCUT2D eigenvalue weighted by Gasteiger charge is -2.11. The van der Waals surface area contributed by atoms with Crippen LogP contribution in [-0.4, -0.2) is 11.5 Å². The number of rotatable bonds is 1. The monoisotopic (exact) mass is 266 g/mol. The minimum absolute atomic E-state index is 0.403. The van der Waals surface area contributed by atoms with Crippen molar-refractivity contribution in [3.05, 3.63) is 22.3 Å². The molecule has 2 atom stereocenters. The Morgan fingerprint density at radius 3 is 3.07 bits per heavy atom. The summed E-state index contributed by atoms with van der Waals surface area (Å²) < 4.78 is 1.10. The maximum absolute atomic E-state index is 4.43. The first kappa shape index (κ1) is 9.64. The molecule has 0 bridgehead atoms. The molecule has 1 N–H and O–H groups in total. The van der Waals surface area contributed by atoms with E-state index in [-0.39, 0.29) is 0 Å². The predicted octanol–water partition coefficient (Wildman–Crippen LogP) is 3.18. The van der Waals surface area contributed by atoms with Crippen LogP contribution >= 0.6 is 15.9 Å². The van der Waals surface area contributed by atoms with Crippen molar-refractivity contribution in [1.82, 2.24) is 4.98 Å². The Morgan fingerprint density at radius 1 is 1.60 bits per heavy atom. The summed E-state index contributed by atoms with van der Waals surface area (Å²) >= 11 is 3.51. The van der Waals surface area contributed by atoms with E-state index >= 15 is 0 Å². The SMILES string of the molecule is CC(C)[C@@H]1C[C@@]12CNc1ncc(Br)cc12. The minimum Gasteiger partial charge on any atom is -0.369 e. The lowest BCUT2D eigenvalue weighted by molar-refractivity contribution is 0.498. The second kappa shape index (κ2) is 2.97. The number of halogens is 1. The molecule has 3 heteroatoms. The topological polar surface area (TPSA) is 24.9 Å². The largest absolute Gasteiger partial charge is 0.369 e. The van der Waals surface area contributed by atoms with Gasteiger partial charge in [-0.05, 0) is 40.3 Å². The number of pyridine rings is 1. The van der Waals surface area contributed by atoms with Crippen molar-refractivity contribution in [2.24, 2.45) is 11.8 Å². The number of aromatic nitrogens is 1. The summed E-state index contributed by atoms with van der Waals surface area (Å²) in [6, 6.07) is 2.24. The fourth-order valence-electron chi connectivity index (χ4n) is 3.02. The van der Waals surface area contributed by atoms with Gasteiger partial charge in [0.2, 0.25) is 0 Å². The smallest absolute Gasteiger partial charge is 0.129 e. The van der Waals surface area contributed by atoms with E-state index in [2.05, 4.69) is 46.1 Å². The number of anilines is 1. The summed E-state index contributed by atoms with van der Waals surface area (Å²) in [7, 11) is 0. The van der Waals surface area contributed by atoms with Crippen LogP contribution in [0, 0.1) is 11.8 Å². The van der Waals surface area contributed by atoms with E-state index in [0.717, 1.165) is 28.7 Å². The number of hydrogen-bond donors (Lipinski definition) is 1. The molecule has 80 valence electrons. The molecule has 1 aromatic heterocycles. The molecular weight excluding hydrogens is 252 g/mol. The molecule has 1 aromatic rings. The third-order valence-electron chi connectivity index (χ3n) is 3.90. The van der Waals surface area contributed by atoms with Crippen molar-refractivity contribution in [1.29, 1.82) is 0 Å². The van der Waals surface area contributed by atoms with E-state index in [4.69, 9.17) is 0 Å². The van der Waals surface area contributed by atoms with Gasteiger partial charge in [-0.1, -0.05) is 13.8 Å². The molecule has 1 saturated carbocycles. The molecule has 1 fully saturated rings. The van der Waals surface area contributed by atoms with Crippen LogP contribution in [0.5, 0.6) is 0 Å². The van der Waals surface area contributed by atoms with Gasteiger partial charge in [0.25, 0.3) is 0 Å². The van der Waals surface area contributed by atoms with Crippen molar-refractivity contribution in [3.8, 4) is 0 Å². The van der Waals surface area contributed by atoms with Crippen LogP contribution in [0.25, 0.3) is 0 Å². The van der Waals surface area contributed by atoms with Crippen LogP contribution in [-0.2, 0) is 5.41 Å². The van der Waals surface area contributed by atoms with E-state index < -0.39 is 0 Å². The quantitative estimate of drug-likeness (QED) is 0.845. The molecule has 0 aromatic carbocycles. The molecule has 0 radical (unpaired) electrons. The highest BCUT2D eigenvalue weighted by Gasteiger charge is 2.59. The average molecular weight is 267 g/mol. The van der Waals surface area contributed by atoms with Gasteiger partial charge in [-0.15, -0.1) is 0 Å². The number of fused-ring (bicyclic) bond motifs is 2. The third kappa shape index (κ3) is 1.25. The maximum Gasteiger partial charge on any atom is 0.129 e. The zero-order valence-electron chi connectivity index (χ0n) is 9.05. The zero-order valence-corrected chi connectivity index (χ0v) is 10.6. The number of hydrogen-bond acceptors (Lipinski definition) is 2. The van der Waals surface area contributed by atoms with Gasteiger partial charge in [0, 0.05) is 28.2 Å². The molecule has 1 spiro atoms. The summed E-state index contributed by atoms with van der Waals surface area (Å²) in [6.07, 6.45) is 3.19. The van der Waals surface area contributed by atoms with E-state index in [1.54, 1.807) is 0 Å². The van der Waals surface area contributed by atoms with Crippen molar-refractivity contribution in [2.45, 2.75) is 25.7 Å². The Hall–Kier alpha value is -0.570. The van der Waals surface area contributed by atoms with Gasteiger partial charge in [-0.25, -0.2) is 4.98 Å². The number of nitrogens with one attached hydrogen (secondary N) is 1. The molecule has 2 aliphatic rings. The highest BCUT2D eigenvalue weighted by atomic mass is 79.9. The summed E-state index contributed by atoms with van der Waals surface area (Å²) in [5, 5.41) is 3.43. The molecule has 0 unspecified atom stereocenters. The first-order valence-corrected chi connectivity index (χ1v) is 6.33. The van der Waals surface area contributed by atoms with Crippen molar-refractivity contribution in [3.63, 3.8) is 0 Å². The molecule has 1 aliphatic carbocycles. The Balaban J connectivity index is 2.02. The van der Waals surface area contributed by atoms with Crippen LogP contribution in [0.3, 0.4) is 0 Å². The van der Waals surface area contributed by atoms with Crippen LogP contribution < -0.4 is 5.32 Å². The first-order chi connectivity index (χ1) is 7.13. The van der Waals surface area contributed by atoms with Gasteiger partial charge < -0.3 is 5.32 Å². The van der Waals surface area contributed by atoms with Gasteiger partial charge in [0.1, 0.15) is 5.82 Å². The predicted molar refractivity (Wildman–Crippen MR) is 65.0 cm³/mol. The van der Waals surface area contributed by atoms with Crippen LogP contribution in [0.15, 0.2) is 16.7 Å². The molecular formula is C12H15BrN2. The molecule has 2 nitrogen and oxygen atoms in total. The molecule has 0 saturated heterocycles. The molecule has 3 rings (SSSR count). The molecule has 1 aliphatic heterocycles. The average Bonchev–Trinajstić information content (AvgIpc) is 2.81. The van der Waals surface area contributed by atoms with E-state index in [1.165, 1.54) is 12.0 Å². The highest BCUT2D eigenvalue weighted by Crippen LogP contribution is 2.61. The van der Waals surface area contributed by atoms with E-state index in [0.29, 0.717) is 5.41 Å². The lowest BCUT2D eigenvalue weighted by atomic mass is 9.92. The third-order valence-corrected chi connectivity index (χ3v) is 4.33. The van der Waals surface area contributed by atoms with Crippen LogP contribution in [0.4, 0.5) is 5.82 Å². The van der Waals surface area contributed by atoms with Crippen LogP contribution in [0.1, 0.15) is 25.8 Å². The maximum atomic E-state index is 4.43. The van der Waals surface area contributed by atoms with Crippen molar-refractivity contribution in [2.75, 3.05) is 11.9 Å². The summed E-state index contributed by atoms with van der Waals surface area (Å²) in [5.41, 5.74) is 1.83. The second-order valence-corrected chi connectivity index (χ2v) is 6.03. The first-order valence-electron chi connectivity index (χ1n) is 5.53.